The van der Waals surface area contributed by atoms with Crippen LogP contribution in [0.5, 0.6) is 0 Å². The molecule has 2 amide bonds. The van der Waals surface area contributed by atoms with E-state index < -0.39 is 33.7 Å². The minimum absolute atomic E-state index is 0.221. The van der Waals surface area contributed by atoms with Gasteiger partial charge in [-0.3, -0.25) is 0 Å². The molecule has 22 heavy (non-hydrogen) atoms. The minimum atomic E-state index is -1.68. The van der Waals surface area contributed by atoms with Gasteiger partial charge in [0, 0.05) is 19.1 Å². The summed E-state index contributed by atoms with van der Waals surface area (Å²) >= 11 is 16.4. The largest absolute Gasteiger partial charge is 0.445 e. The molecule has 2 atom stereocenters. The zero-order valence-corrected chi connectivity index (χ0v) is 14.8. The molecule has 7 nitrogen and oxygen atoms in total. The van der Waals surface area contributed by atoms with Crippen molar-refractivity contribution in [2.75, 3.05) is 19.7 Å². The average molecular weight is 377 g/mol. The van der Waals surface area contributed by atoms with Crippen LogP contribution in [0.3, 0.4) is 0 Å². The lowest BCUT2D eigenvalue weighted by atomic mass is 10.2. The molecule has 0 aromatic rings. The number of rotatable bonds is 2. The van der Waals surface area contributed by atoms with Crippen molar-refractivity contribution in [1.82, 2.24) is 10.2 Å². The summed E-state index contributed by atoms with van der Waals surface area (Å²) in [6, 6.07) is -0.900. The van der Waals surface area contributed by atoms with E-state index in [4.69, 9.17) is 50.0 Å². The third-order valence-electron chi connectivity index (χ3n) is 2.69. The first-order valence-electron chi connectivity index (χ1n) is 6.61. The molecular weight excluding hydrogens is 357 g/mol. The molecule has 0 aromatic heterocycles. The Balaban J connectivity index is 2.47. The van der Waals surface area contributed by atoms with Crippen molar-refractivity contribution in [3.63, 3.8) is 0 Å². The summed E-state index contributed by atoms with van der Waals surface area (Å²) in [7, 11) is 0. The van der Waals surface area contributed by atoms with Gasteiger partial charge in [0.15, 0.2) is 0 Å². The summed E-state index contributed by atoms with van der Waals surface area (Å²) < 4.78 is 8.32. The van der Waals surface area contributed by atoms with Gasteiger partial charge < -0.3 is 25.4 Å². The second-order valence-corrected chi connectivity index (χ2v) is 8.51. The first kappa shape index (κ1) is 19.4. The number of hydrogen-bond acceptors (Lipinski definition) is 5. The van der Waals surface area contributed by atoms with Crippen molar-refractivity contribution in [2.45, 2.75) is 42.2 Å². The number of hydrogen-bond donors (Lipinski definition) is 2. The maximum absolute atomic E-state index is 11.9. The van der Waals surface area contributed by atoms with Crippen molar-refractivity contribution in [3.8, 4) is 0 Å². The molecule has 10 heteroatoms. The van der Waals surface area contributed by atoms with Crippen molar-refractivity contribution in [1.29, 1.82) is 0 Å². The molecule has 1 rings (SSSR count). The third kappa shape index (κ3) is 7.09. The van der Waals surface area contributed by atoms with Gasteiger partial charge in [0.2, 0.25) is 3.79 Å². The van der Waals surface area contributed by atoms with Gasteiger partial charge in [0.05, 0.1) is 6.04 Å². The highest BCUT2D eigenvalue weighted by atomic mass is 35.6. The predicted octanol–water partition coefficient (Wildman–Crippen LogP) is 2.03. The van der Waals surface area contributed by atoms with Gasteiger partial charge in [-0.05, 0) is 20.8 Å². The summed E-state index contributed by atoms with van der Waals surface area (Å²) in [4.78, 5) is 25.0. The maximum Gasteiger partial charge on any atom is 0.410 e. The van der Waals surface area contributed by atoms with E-state index in [0.717, 1.165) is 0 Å². The number of likely N-dealkylation sites (tertiary alicyclic amines) is 1. The fourth-order valence-corrected chi connectivity index (χ4v) is 1.96. The summed E-state index contributed by atoms with van der Waals surface area (Å²) in [6.07, 6.45) is -1.25. The molecule has 0 unspecified atom stereocenters. The Hall–Kier alpha value is -0.630. The molecule has 128 valence electrons. The molecule has 1 aliphatic rings. The highest BCUT2D eigenvalue weighted by Gasteiger charge is 2.36. The van der Waals surface area contributed by atoms with Gasteiger partial charge in [0.25, 0.3) is 0 Å². The Morgan fingerprint density at radius 1 is 1.27 bits per heavy atom. The lowest BCUT2D eigenvalue weighted by Crippen LogP contribution is -2.47. The van der Waals surface area contributed by atoms with Gasteiger partial charge in [0.1, 0.15) is 12.2 Å². The number of alkyl halides is 3. The highest BCUT2D eigenvalue weighted by Crippen LogP contribution is 2.26. The number of ether oxygens (including phenoxy) is 2. The van der Waals surface area contributed by atoms with E-state index in [9.17, 15) is 9.59 Å². The van der Waals surface area contributed by atoms with Crippen molar-refractivity contribution >= 4 is 47.0 Å². The van der Waals surface area contributed by atoms with Gasteiger partial charge in [-0.25, -0.2) is 9.59 Å². The molecule has 0 aliphatic carbocycles. The Bertz CT molecular complexity index is 423. The van der Waals surface area contributed by atoms with E-state index in [1.165, 1.54) is 4.90 Å². The quantitative estimate of drug-likeness (QED) is 0.719. The number of carbonyl (C=O) groups is 2. The van der Waals surface area contributed by atoms with E-state index in [0.29, 0.717) is 0 Å². The van der Waals surface area contributed by atoms with Gasteiger partial charge in [-0.2, -0.15) is 0 Å². The van der Waals surface area contributed by atoms with Crippen LogP contribution in [-0.2, 0) is 9.47 Å². The number of nitrogens with two attached hydrogens (primary N) is 1. The number of nitrogens with one attached hydrogen (secondary N) is 1. The first-order valence-corrected chi connectivity index (χ1v) is 7.74. The van der Waals surface area contributed by atoms with Crippen LogP contribution in [-0.4, -0.2) is 58.3 Å². The van der Waals surface area contributed by atoms with Crippen molar-refractivity contribution in [3.05, 3.63) is 0 Å². The molecule has 3 N–H and O–H groups in total. The maximum atomic E-state index is 11.9. The second-order valence-electron chi connectivity index (χ2n) is 5.99. The first-order chi connectivity index (χ1) is 9.87. The zero-order chi connectivity index (χ0) is 17.1. The minimum Gasteiger partial charge on any atom is -0.445 e. The van der Waals surface area contributed by atoms with Crippen molar-refractivity contribution < 1.29 is 19.1 Å². The monoisotopic (exact) mass is 375 g/mol. The van der Waals surface area contributed by atoms with Crippen LogP contribution >= 0.6 is 34.8 Å². The van der Waals surface area contributed by atoms with E-state index in [1.54, 1.807) is 20.8 Å². The molecule has 0 bridgehead atoms. The Morgan fingerprint density at radius 3 is 2.36 bits per heavy atom. The van der Waals surface area contributed by atoms with E-state index in [1.807, 2.05) is 0 Å². The summed E-state index contributed by atoms with van der Waals surface area (Å²) in [5.41, 5.74) is 5.30. The molecule has 0 aromatic carbocycles. The normalized spacial score (nSPS) is 22.4. The Labute approximate surface area is 144 Å². The van der Waals surface area contributed by atoms with Crippen LogP contribution in [0.4, 0.5) is 9.59 Å². The van der Waals surface area contributed by atoms with Crippen LogP contribution in [0.25, 0.3) is 0 Å². The fraction of sp³-hybridized carbons (Fsp3) is 0.833. The average Bonchev–Trinajstić information content (AvgIpc) is 2.65. The fourth-order valence-electron chi connectivity index (χ4n) is 1.80. The van der Waals surface area contributed by atoms with Crippen LogP contribution in [0.15, 0.2) is 0 Å². The molecule has 1 fully saturated rings. The molecule has 1 aliphatic heterocycles. The van der Waals surface area contributed by atoms with E-state index in [2.05, 4.69) is 5.32 Å². The third-order valence-corrected chi connectivity index (χ3v) is 3.01. The van der Waals surface area contributed by atoms with Gasteiger partial charge >= 0.3 is 12.2 Å². The topological polar surface area (TPSA) is 93.9 Å². The van der Waals surface area contributed by atoms with Gasteiger partial charge in [-0.15, -0.1) is 0 Å². The summed E-state index contributed by atoms with van der Waals surface area (Å²) in [5, 5.41) is 2.54. The number of nitrogens with zero attached hydrogens (tertiary/aromatic N) is 1. The molecule has 0 saturated carbocycles. The van der Waals surface area contributed by atoms with Crippen LogP contribution in [0, 0.1) is 0 Å². The summed E-state index contributed by atoms with van der Waals surface area (Å²) in [6.45, 7) is 5.41. The van der Waals surface area contributed by atoms with E-state index >= 15 is 0 Å². The summed E-state index contributed by atoms with van der Waals surface area (Å²) in [5.74, 6) is 0. The second kappa shape index (κ2) is 7.29. The van der Waals surface area contributed by atoms with E-state index in [-0.39, 0.29) is 19.7 Å². The zero-order valence-electron chi connectivity index (χ0n) is 12.6. The van der Waals surface area contributed by atoms with Crippen LogP contribution in [0.2, 0.25) is 0 Å². The lowest BCUT2D eigenvalue weighted by molar-refractivity contribution is 0.0288. The van der Waals surface area contributed by atoms with Gasteiger partial charge in [-0.1, -0.05) is 34.8 Å². The smallest absolute Gasteiger partial charge is 0.410 e. The predicted molar refractivity (Wildman–Crippen MR) is 84.3 cm³/mol. The Kier molecular flexibility index (Phi) is 6.44. The SMILES string of the molecule is CC(C)(C)OC(=O)N1C[C@@H](N)[C@@H](NC(=O)OCC(Cl)(Cl)Cl)C1. The molecule has 0 radical (unpaired) electrons. The standard InChI is InChI=1S/C12H20Cl3N3O4/c1-11(2,3)22-10(20)18-4-7(16)8(5-18)17-9(19)21-6-12(13,14)15/h7-8H,4-6,16H2,1-3H3,(H,17,19)/t7-,8+/m1/s1. The van der Waals surface area contributed by atoms with Crippen LogP contribution < -0.4 is 11.1 Å². The lowest BCUT2D eigenvalue weighted by Gasteiger charge is -2.24. The number of halogens is 3. The molecule has 1 heterocycles. The molecule has 1 saturated heterocycles. The number of alkyl carbamates (subject to hydrolysis) is 1. The van der Waals surface area contributed by atoms with Crippen LogP contribution in [0.1, 0.15) is 20.8 Å². The molecule has 0 spiro atoms. The highest BCUT2D eigenvalue weighted by molar-refractivity contribution is 6.67. The van der Waals surface area contributed by atoms with Crippen molar-refractivity contribution in [2.24, 2.45) is 5.73 Å². The number of carbonyl (C=O) groups excluding carboxylic acids is 2. The molecular formula is C12H20Cl3N3O4. The Morgan fingerprint density at radius 2 is 1.86 bits per heavy atom. The number of amides is 2.